The van der Waals surface area contributed by atoms with Crippen molar-refractivity contribution in [1.82, 2.24) is 4.90 Å². The number of rotatable bonds is 2. The molecule has 0 unspecified atom stereocenters. The second-order valence-electron chi connectivity index (χ2n) is 5.50. The first-order chi connectivity index (χ1) is 10.7. The first-order valence-corrected chi connectivity index (χ1v) is 7.06. The number of alkyl halides is 3. The molecule has 1 fully saturated rings. The van der Waals surface area contributed by atoms with Gasteiger partial charge >= 0.3 is 6.18 Å². The number of likely N-dealkylation sites (tertiary alicyclic amines) is 1. The molecule has 0 saturated carbocycles. The standard InChI is InChI=1S/C16H17F3N2O2/c1-3-15(6-8-21(9-7-15)11(2)22)23-14-5-4-12(10-13(14)20)16(17,18)19/h1,4-5,10H,6-9,20H2,2H3. The van der Waals surface area contributed by atoms with Crippen LogP contribution in [0, 0.1) is 12.3 Å². The number of hydrogen-bond donors (Lipinski definition) is 1. The Kier molecular flexibility index (Phi) is 4.46. The number of halogens is 3. The van der Waals surface area contributed by atoms with E-state index in [1.165, 1.54) is 13.0 Å². The van der Waals surface area contributed by atoms with E-state index in [1.807, 2.05) is 0 Å². The molecule has 2 rings (SSSR count). The van der Waals surface area contributed by atoms with E-state index in [-0.39, 0.29) is 17.3 Å². The lowest BCUT2D eigenvalue weighted by Gasteiger charge is -2.38. The minimum Gasteiger partial charge on any atom is -0.472 e. The molecule has 23 heavy (non-hydrogen) atoms. The monoisotopic (exact) mass is 326 g/mol. The summed E-state index contributed by atoms with van der Waals surface area (Å²) in [4.78, 5) is 13.0. The Morgan fingerprint density at radius 3 is 2.43 bits per heavy atom. The highest BCUT2D eigenvalue weighted by molar-refractivity contribution is 5.73. The van der Waals surface area contributed by atoms with Gasteiger partial charge in [-0.2, -0.15) is 13.2 Å². The zero-order valence-corrected chi connectivity index (χ0v) is 12.6. The summed E-state index contributed by atoms with van der Waals surface area (Å²) in [6.07, 6.45) is 1.87. The van der Waals surface area contributed by atoms with Gasteiger partial charge in [0.05, 0.1) is 11.3 Å². The normalized spacial score (nSPS) is 17.4. The van der Waals surface area contributed by atoms with Crippen LogP contribution in [0.3, 0.4) is 0 Å². The van der Waals surface area contributed by atoms with Crippen LogP contribution in [0.5, 0.6) is 5.75 Å². The number of benzene rings is 1. The minimum atomic E-state index is -4.47. The number of carbonyl (C=O) groups excluding carboxylic acids is 1. The number of nitrogens with two attached hydrogens (primary N) is 1. The summed E-state index contributed by atoms with van der Waals surface area (Å²) in [5.41, 5.74) is 3.73. The molecule has 1 aromatic rings. The first-order valence-electron chi connectivity index (χ1n) is 7.06. The van der Waals surface area contributed by atoms with Crippen molar-refractivity contribution < 1.29 is 22.7 Å². The summed E-state index contributed by atoms with van der Waals surface area (Å²) in [5, 5.41) is 0. The van der Waals surface area contributed by atoms with Crippen molar-refractivity contribution in [1.29, 1.82) is 0 Å². The SMILES string of the molecule is C#CC1(Oc2ccc(C(F)(F)F)cc2N)CCN(C(C)=O)CC1. The molecular formula is C16H17F3N2O2. The number of nitrogen functional groups attached to an aromatic ring is 1. The van der Waals surface area contributed by atoms with Crippen LogP contribution in [0.2, 0.25) is 0 Å². The summed E-state index contributed by atoms with van der Waals surface area (Å²) in [7, 11) is 0. The van der Waals surface area contributed by atoms with Crippen LogP contribution in [0.1, 0.15) is 25.3 Å². The average molecular weight is 326 g/mol. The molecule has 0 atom stereocenters. The van der Waals surface area contributed by atoms with Gasteiger partial charge in [-0.05, 0) is 18.2 Å². The van der Waals surface area contributed by atoms with Gasteiger partial charge in [-0.15, -0.1) is 6.42 Å². The van der Waals surface area contributed by atoms with E-state index in [1.54, 1.807) is 4.90 Å². The van der Waals surface area contributed by atoms with Crippen molar-refractivity contribution in [3.05, 3.63) is 23.8 Å². The Bertz CT molecular complexity index is 642. The number of piperidine rings is 1. The average Bonchev–Trinajstić information content (AvgIpc) is 2.48. The molecular weight excluding hydrogens is 309 g/mol. The Morgan fingerprint density at radius 2 is 2.00 bits per heavy atom. The molecule has 1 aliphatic heterocycles. The summed E-state index contributed by atoms with van der Waals surface area (Å²) in [5.74, 6) is 2.63. The molecule has 1 saturated heterocycles. The largest absolute Gasteiger partial charge is 0.472 e. The molecule has 2 N–H and O–H groups in total. The van der Waals surface area contributed by atoms with E-state index in [4.69, 9.17) is 16.9 Å². The zero-order chi connectivity index (χ0) is 17.3. The third-order valence-corrected chi connectivity index (χ3v) is 3.92. The van der Waals surface area contributed by atoms with Crippen molar-refractivity contribution >= 4 is 11.6 Å². The van der Waals surface area contributed by atoms with Gasteiger partial charge in [-0.3, -0.25) is 4.79 Å². The molecule has 7 heteroatoms. The fourth-order valence-corrected chi connectivity index (χ4v) is 2.49. The molecule has 0 aliphatic carbocycles. The highest BCUT2D eigenvalue weighted by Gasteiger charge is 2.37. The van der Waals surface area contributed by atoms with Crippen molar-refractivity contribution in [2.24, 2.45) is 0 Å². The highest BCUT2D eigenvalue weighted by Crippen LogP contribution is 2.36. The molecule has 1 amide bonds. The Labute approximate surface area is 132 Å². The molecule has 1 heterocycles. The summed E-state index contributed by atoms with van der Waals surface area (Å²) in [6.45, 7) is 2.33. The van der Waals surface area contributed by atoms with Crippen molar-refractivity contribution in [3.8, 4) is 18.1 Å². The van der Waals surface area contributed by atoms with Crippen molar-refractivity contribution in [2.75, 3.05) is 18.8 Å². The van der Waals surface area contributed by atoms with E-state index in [0.717, 1.165) is 12.1 Å². The zero-order valence-electron chi connectivity index (χ0n) is 12.6. The summed E-state index contributed by atoms with van der Waals surface area (Å²) in [6, 6.07) is 2.90. The Morgan fingerprint density at radius 1 is 1.39 bits per heavy atom. The molecule has 0 radical (unpaired) electrons. The van der Waals surface area contributed by atoms with Gasteiger partial charge in [-0.25, -0.2) is 0 Å². The van der Waals surface area contributed by atoms with Crippen LogP contribution in [-0.4, -0.2) is 29.5 Å². The van der Waals surface area contributed by atoms with Gasteiger partial charge in [0.1, 0.15) is 5.75 Å². The van der Waals surface area contributed by atoms with Gasteiger partial charge in [0, 0.05) is 32.9 Å². The van der Waals surface area contributed by atoms with Crippen LogP contribution in [0.15, 0.2) is 18.2 Å². The molecule has 1 aromatic carbocycles. The number of hydrogen-bond acceptors (Lipinski definition) is 3. The number of carbonyl (C=O) groups is 1. The Balaban J connectivity index is 2.18. The number of ether oxygens (including phenoxy) is 1. The van der Waals surface area contributed by atoms with Gasteiger partial charge < -0.3 is 15.4 Å². The molecule has 0 bridgehead atoms. The van der Waals surface area contributed by atoms with E-state index in [9.17, 15) is 18.0 Å². The predicted octanol–water partition coefficient (Wildman–Crippen LogP) is 2.68. The van der Waals surface area contributed by atoms with Crippen LogP contribution < -0.4 is 10.5 Å². The second-order valence-corrected chi connectivity index (χ2v) is 5.50. The van der Waals surface area contributed by atoms with Crippen LogP contribution in [-0.2, 0) is 11.0 Å². The Hall–Kier alpha value is -2.36. The van der Waals surface area contributed by atoms with Crippen molar-refractivity contribution in [3.63, 3.8) is 0 Å². The molecule has 1 aliphatic rings. The summed E-state index contributed by atoms with van der Waals surface area (Å²) < 4.78 is 43.7. The quantitative estimate of drug-likeness (QED) is 0.671. The lowest BCUT2D eigenvalue weighted by Crippen LogP contribution is -2.48. The van der Waals surface area contributed by atoms with E-state index >= 15 is 0 Å². The van der Waals surface area contributed by atoms with Gasteiger partial charge in [-0.1, -0.05) is 5.92 Å². The van der Waals surface area contributed by atoms with Crippen LogP contribution in [0.25, 0.3) is 0 Å². The van der Waals surface area contributed by atoms with Crippen LogP contribution >= 0.6 is 0 Å². The van der Waals surface area contributed by atoms with Crippen LogP contribution in [0.4, 0.5) is 18.9 Å². The maximum absolute atomic E-state index is 12.7. The highest BCUT2D eigenvalue weighted by atomic mass is 19.4. The smallest absolute Gasteiger partial charge is 0.416 e. The topological polar surface area (TPSA) is 55.6 Å². The number of amides is 1. The fraction of sp³-hybridized carbons (Fsp3) is 0.438. The lowest BCUT2D eigenvalue weighted by molar-refractivity contribution is -0.137. The molecule has 0 spiro atoms. The predicted molar refractivity (Wildman–Crippen MR) is 79.5 cm³/mol. The van der Waals surface area contributed by atoms with E-state index in [0.29, 0.717) is 25.9 Å². The first kappa shape index (κ1) is 17.0. The number of anilines is 1. The number of nitrogens with zero attached hydrogens (tertiary/aromatic N) is 1. The van der Waals surface area contributed by atoms with E-state index in [2.05, 4.69) is 5.92 Å². The second kappa shape index (κ2) is 6.03. The fourth-order valence-electron chi connectivity index (χ4n) is 2.49. The number of terminal acetylenes is 1. The van der Waals surface area contributed by atoms with Crippen molar-refractivity contribution in [2.45, 2.75) is 31.5 Å². The molecule has 4 nitrogen and oxygen atoms in total. The third-order valence-electron chi connectivity index (χ3n) is 3.92. The van der Waals surface area contributed by atoms with Gasteiger partial charge in [0.15, 0.2) is 5.60 Å². The van der Waals surface area contributed by atoms with Gasteiger partial charge in [0.25, 0.3) is 0 Å². The minimum absolute atomic E-state index is 0.0512. The maximum atomic E-state index is 12.7. The maximum Gasteiger partial charge on any atom is 0.416 e. The molecule has 0 aromatic heterocycles. The van der Waals surface area contributed by atoms with Gasteiger partial charge in [0.2, 0.25) is 5.91 Å². The third kappa shape index (κ3) is 3.70. The van der Waals surface area contributed by atoms with E-state index < -0.39 is 17.3 Å². The lowest BCUT2D eigenvalue weighted by atomic mass is 9.91. The summed E-state index contributed by atoms with van der Waals surface area (Å²) >= 11 is 0. The molecule has 124 valence electrons.